The number of rotatable bonds is 5. The van der Waals surface area contributed by atoms with Crippen molar-refractivity contribution in [1.82, 2.24) is 10.3 Å². The highest BCUT2D eigenvalue weighted by Crippen LogP contribution is 2.32. The average molecular weight is 315 g/mol. The minimum absolute atomic E-state index is 0.157. The normalized spacial score (nSPS) is 15.4. The number of carbonyl (C=O) groups excluding carboxylic acids is 1. The molecule has 2 amide bonds. The van der Waals surface area contributed by atoms with Crippen molar-refractivity contribution in [1.29, 1.82) is 0 Å². The molecule has 0 radical (unpaired) electrons. The highest BCUT2D eigenvalue weighted by atomic mass is 32.1. The summed E-state index contributed by atoms with van der Waals surface area (Å²) in [5.41, 5.74) is 2.52. The molecule has 1 fully saturated rings. The van der Waals surface area contributed by atoms with Crippen molar-refractivity contribution in [3.05, 3.63) is 46.5 Å². The molecule has 3 rings (SSSR count). The van der Waals surface area contributed by atoms with Crippen molar-refractivity contribution < 1.29 is 4.79 Å². The first-order valence-corrected chi connectivity index (χ1v) is 8.49. The number of benzene rings is 1. The number of anilines is 1. The predicted molar refractivity (Wildman–Crippen MR) is 90.4 cm³/mol. The molecule has 0 spiro atoms. The van der Waals surface area contributed by atoms with Crippen LogP contribution < -0.4 is 10.6 Å². The summed E-state index contributed by atoms with van der Waals surface area (Å²) in [6.07, 6.45) is 5.13. The van der Waals surface area contributed by atoms with Gasteiger partial charge in [-0.25, -0.2) is 9.78 Å². The van der Waals surface area contributed by atoms with E-state index in [0.717, 1.165) is 11.3 Å². The van der Waals surface area contributed by atoms with Gasteiger partial charge in [0.25, 0.3) is 0 Å². The summed E-state index contributed by atoms with van der Waals surface area (Å²) in [5, 5.41) is 6.46. The Balaban J connectivity index is 1.54. The summed E-state index contributed by atoms with van der Waals surface area (Å²) in [4.78, 5) is 17.3. The van der Waals surface area contributed by atoms with E-state index >= 15 is 0 Å². The molecule has 1 aromatic heterocycles. The summed E-state index contributed by atoms with van der Waals surface area (Å²) in [6.45, 7) is 4.14. The molecule has 116 valence electrons. The average Bonchev–Trinajstić information content (AvgIpc) is 3.24. The number of carbonyl (C=O) groups is 1. The molecule has 0 saturated heterocycles. The molecule has 0 aliphatic heterocycles. The fourth-order valence-corrected chi connectivity index (χ4v) is 3.25. The zero-order valence-corrected chi connectivity index (χ0v) is 13.7. The molecule has 1 saturated carbocycles. The van der Waals surface area contributed by atoms with E-state index in [0.29, 0.717) is 11.0 Å². The molecule has 1 atom stereocenters. The van der Waals surface area contributed by atoms with Gasteiger partial charge in [-0.1, -0.05) is 29.8 Å². The number of aryl methyl sites for hydroxylation is 1. The third kappa shape index (κ3) is 4.07. The molecule has 1 aliphatic carbocycles. The fourth-order valence-electron chi connectivity index (χ4n) is 2.41. The summed E-state index contributed by atoms with van der Waals surface area (Å²) in [7, 11) is 0. The van der Waals surface area contributed by atoms with Crippen LogP contribution in [0.2, 0.25) is 0 Å². The van der Waals surface area contributed by atoms with E-state index in [-0.39, 0.29) is 12.1 Å². The van der Waals surface area contributed by atoms with Crippen molar-refractivity contribution in [2.75, 3.05) is 5.32 Å². The molecule has 1 aromatic carbocycles. The zero-order valence-electron chi connectivity index (χ0n) is 12.9. The Labute approximate surface area is 135 Å². The number of hydrogen-bond acceptors (Lipinski definition) is 3. The number of nitrogens with zero attached hydrogens (tertiary/aromatic N) is 1. The van der Waals surface area contributed by atoms with E-state index in [9.17, 15) is 4.79 Å². The van der Waals surface area contributed by atoms with Crippen LogP contribution in [0, 0.1) is 12.8 Å². The number of amides is 2. The molecule has 1 aliphatic rings. The van der Waals surface area contributed by atoms with Crippen molar-refractivity contribution in [3.63, 3.8) is 0 Å². The van der Waals surface area contributed by atoms with Crippen LogP contribution in [0.3, 0.4) is 0 Å². The van der Waals surface area contributed by atoms with Gasteiger partial charge in [-0.05, 0) is 38.2 Å². The van der Waals surface area contributed by atoms with Gasteiger partial charge >= 0.3 is 6.03 Å². The SMILES string of the molecule is Cc1ccc(Cc2cnc(NC(=O)N[C@H](C)C3CC3)s2)cc1. The van der Waals surface area contributed by atoms with Gasteiger partial charge in [0.1, 0.15) is 0 Å². The number of thiazole rings is 1. The maximum absolute atomic E-state index is 11.9. The number of urea groups is 1. The standard InChI is InChI=1S/C17H21N3OS/c1-11-3-5-13(6-4-11)9-15-10-18-17(22-15)20-16(21)19-12(2)14-7-8-14/h3-6,10,12,14H,7-9H2,1-2H3,(H2,18,19,20,21)/t12-/m1/s1. The second-order valence-corrected chi connectivity index (χ2v) is 7.13. The van der Waals surface area contributed by atoms with Crippen molar-refractivity contribution in [3.8, 4) is 0 Å². The molecule has 4 nitrogen and oxygen atoms in total. The Kier molecular flexibility index (Phi) is 4.43. The van der Waals surface area contributed by atoms with Crippen LogP contribution >= 0.6 is 11.3 Å². The monoisotopic (exact) mass is 315 g/mol. The van der Waals surface area contributed by atoms with Crippen LogP contribution in [0.15, 0.2) is 30.5 Å². The number of aromatic nitrogens is 1. The number of nitrogens with one attached hydrogen (secondary N) is 2. The maximum Gasteiger partial charge on any atom is 0.321 e. The van der Waals surface area contributed by atoms with Crippen molar-refractivity contribution >= 4 is 22.5 Å². The lowest BCUT2D eigenvalue weighted by molar-refractivity contribution is 0.248. The van der Waals surface area contributed by atoms with E-state index in [2.05, 4.69) is 53.7 Å². The molecular weight excluding hydrogens is 294 g/mol. The smallest absolute Gasteiger partial charge is 0.321 e. The van der Waals surface area contributed by atoms with E-state index in [1.165, 1.54) is 35.3 Å². The first-order valence-electron chi connectivity index (χ1n) is 7.68. The molecule has 22 heavy (non-hydrogen) atoms. The molecule has 2 N–H and O–H groups in total. The molecule has 5 heteroatoms. The summed E-state index contributed by atoms with van der Waals surface area (Å²) in [6, 6.07) is 8.57. The summed E-state index contributed by atoms with van der Waals surface area (Å²) in [5.74, 6) is 0.652. The lowest BCUT2D eigenvalue weighted by Gasteiger charge is -2.12. The summed E-state index contributed by atoms with van der Waals surface area (Å²) >= 11 is 1.53. The lowest BCUT2D eigenvalue weighted by Crippen LogP contribution is -2.37. The van der Waals surface area contributed by atoms with Crippen LogP contribution in [-0.4, -0.2) is 17.1 Å². The van der Waals surface area contributed by atoms with Gasteiger partial charge in [0.2, 0.25) is 0 Å². The second kappa shape index (κ2) is 6.48. The van der Waals surface area contributed by atoms with E-state index in [1.807, 2.05) is 6.20 Å². The van der Waals surface area contributed by atoms with E-state index in [4.69, 9.17) is 0 Å². The highest BCUT2D eigenvalue weighted by Gasteiger charge is 2.28. The quantitative estimate of drug-likeness (QED) is 0.877. The predicted octanol–water partition coefficient (Wildman–Crippen LogP) is 3.96. The van der Waals surface area contributed by atoms with Crippen LogP contribution in [-0.2, 0) is 6.42 Å². The molecule has 0 unspecified atom stereocenters. The summed E-state index contributed by atoms with van der Waals surface area (Å²) < 4.78 is 0. The first-order chi connectivity index (χ1) is 10.6. The minimum Gasteiger partial charge on any atom is -0.335 e. The largest absolute Gasteiger partial charge is 0.335 e. The first kappa shape index (κ1) is 15.0. The van der Waals surface area contributed by atoms with E-state index < -0.39 is 0 Å². The topological polar surface area (TPSA) is 54.0 Å². The molecule has 2 aromatic rings. The highest BCUT2D eigenvalue weighted by molar-refractivity contribution is 7.15. The van der Waals surface area contributed by atoms with Crippen molar-refractivity contribution in [2.45, 2.75) is 39.2 Å². The maximum atomic E-state index is 11.9. The molecular formula is C17H21N3OS. The Hall–Kier alpha value is -1.88. The third-order valence-corrected chi connectivity index (χ3v) is 4.87. The Bertz CT molecular complexity index is 646. The lowest BCUT2D eigenvalue weighted by atomic mass is 10.1. The Morgan fingerprint density at radius 2 is 2.09 bits per heavy atom. The van der Waals surface area contributed by atoms with Crippen LogP contribution in [0.1, 0.15) is 35.8 Å². The zero-order chi connectivity index (χ0) is 15.5. The van der Waals surface area contributed by atoms with Gasteiger partial charge in [0.15, 0.2) is 5.13 Å². The molecule has 1 heterocycles. The Morgan fingerprint density at radius 3 is 2.77 bits per heavy atom. The van der Waals surface area contributed by atoms with E-state index in [1.54, 1.807) is 0 Å². The third-order valence-electron chi connectivity index (χ3n) is 3.96. The number of hydrogen-bond donors (Lipinski definition) is 2. The van der Waals surface area contributed by atoms with Gasteiger partial charge in [-0.3, -0.25) is 5.32 Å². The van der Waals surface area contributed by atoms with Crippen molar-refractivity contribution in [2.24, 2.45) is 5.92 Å². The van der Waals surface area contributed by atoms with Gasteiger partial charge < -0.3 is 5.32 Å². The van der Waals surface area contributed by atoms with Crippen LogP contribution in [0.25, 0.3) is 0 Å². The van der Waals surface area contributed by atoms with Gasteiger partial charge in [-0.2, -0.15) is 0 Å². The Morgan fingerprint density at radius 1 is 1.36 bits per heavy atom. The fraction of sp³-hybridized carbons (Fsp3) is 0.412. The second-order valence-electron chi connectivity index (χ2n) is 6.02. The van der Waals surface area contributed by atoms with Crippen LogP contribution in [0.4, 0.5) is 9.93 Å². The minimum atomic E-state index is -0.157. The van der Waals surface area contributed by atoms with Crippen LogP contribution in [0.5, 0.6) is 0 Å². The van der Waals surface area contributed by atoms with Gasteiger partial charge in [-0.15, -0.1) is 11.3 Å². The van der Waals surface area contributed by atoms with Gasteiger partial charge in [0.05, 0.1) is 0 Å². The molecule has 0 bridgehead atoms. The van der Waals surface area contributed by atoms with Gasteiger partial charge in [0, 0.05) is 23.5 Å².